The summed E-state index contributed by atoms with van der Waals surface area (Å²) in [5.41, 5.74) is 21.2. The number of alkyl halides is 2. The summed E-state index contributed by atoms with van der Waals surface area (Å²) in [6, 6.07) is 81.6. The average Bonchev–Trinajstić information content (AvgIpc) is 1.65. The minimum Gasteiger partial charge on any atom is -0.333 e. The van der Waals surface area contributed by atoms with Crippen LogP contribution < -0.4 is 0 Å². The van der Waals surface area contributed by atoms with Crippen molar-refractivity contribution in [2.75, 3.05) is 52.6 Å². The van der Waals surface area contributed by atoms with Gasteiger partial charge in [0.25, 0.3) is 0 Å². The summed E-state index contributed by atoms with van der Waals surface area (Å²) >= 11 is 59.2. The molecule has 6 aliphatic rings. The standard InChI is InChI=1S/2C22H18ClNOS.2C18H17ClFNOS.2C16H13Cl2NOS/c2*1-2-22(25)24-13-19(18-12-21(23)26-20(18)14-24)17-11-7-6-10-16(17)15-8-4-3-5-9-15;2*1-12-5-2-3-6-13(12)15-10-21(18(22)7-4-8-20)11-16-14(15)9-17(19)23-16;2*1-2-16(20)19-8-12(10-5-3-4-6-13(10)17)11-7-15(18)21-14(11)9-19/h2*2-12,19H,1,13-14H2;2*2-7,9,15H,8,10-11H2,1H3;2*2-7,12H,1,8-9H2/b;;2*7-4+;;/t2*19-;2*15-;2*12-/m101010/s1. The normalized spacial score (nSPS) is 17.0. The van der Waals surface area contributed by atoms with Gasteiger partial charge in [0, 0.05) is 126 Å². The van der Waals surface area contributed by atoms with Crippen LogP contribution in [0.15, 0.2) is 318 Å². The maximum atomic E-state index is 12.3. The molecule has 716 valence electrons. The molecular formula is C112H96Cl8F2N6O6S6. The number of hydrogen-bond donors (Lipinski definition) is 0. The molecule has 6 aromatic heterocycles. The van der Waals surface area contributed by atoms with Crippen LogP contribution >= 0.6 is 161 Å². The van der Waals surface area contributed by atoms with Gasteiger partial charge in [-0.1, -0.05) is 313 Å². The van der Waals surface area contributed by atoms with Crippen LogP contribution in [0.2, 0.25) is 36.1 Å². The van der Waals surface area contributed by atoms with E-state index >= 15 is 0 Å². The van der Waals surface area contributed by atoms with Crippen molar-refractivity contribution in [2.45, 2.75) is 88.6 Å². The van der Waals surface area contributed by atoms with Crippen molar-refractivity contribution in [1.82, 2.24) is 29.4 Å². The second-order valence-electron chi connectivity index (χ2n) is 33.8. The van der Waals surface area contributed by atoms with Crippen LogP contribution in [0.25, 0.3) is 22.3 Å². The summed E-state index contributed by atoms with van der Waals surface area (Å²) in [5.74, 6) is -0.0179. The van der Waals surface area contributed by atoms with Crippen molar-refractivity contribution in [1.29, 1.82) is 0 Å². The molecule has 0 saturated heterocycles. The molecule has 28 heteroatoms. The lowest BCUT2D eigenvalue weighted by Gasteiger charge is -2.33. The van der Waals surface area contributed by atoms with Crippen molar-refractivity contribution in [2.24, 2.45) is 0 Å². The predicted molar refractivity (Wildman–Crippen MR) is 580 cm³/mol. The largest absolute Gasteiger partial charge is 0.333 e. The lowest BCUT2D eigenvalue weighted by molar-refractivity contribution is -0.127. The molecule has 8 aromatic carbocycles. The van der Waals surface area contributed by atoms with Crippen LogP contribution in [-0.4, -0.2) is 117 Å². The third-order valence-electron chi connectivity index (χ3n) is 25.3. The Bertz CT molecular complexity index is 6560. The number of thiophene rings is 6. The zero-order chi connectivity index (χ0) is 99.0. The Morgan fingerprint density at radius 2 is 0.486 bits per heavy atom. The van der Waals surface area contributed by atoms with E-state index in [0.29, 0.717) is 88.6 Å². The molecule has 20 rings (SSSR count). The second kappa shape index (κ2) is 48.4. The Labute approximate surface area is 879 Å². The van der Waals surface area contributed by atoms with Crippen LogP contribution in [0.5, 0.6) is 0 Å². The summed E-state index contributed by atoms with van der Waals surface area (Å²) in [5, 5.41) is 1.42. The minimum atomic E-state index is -0.628. The fraction of sp³-hybridized carbons (Fsp3) is 0.196. The maximum Gasteiger partial charge on any atom is 0.246 e. The third-order valence-corrected chi connectivity index (χ3v) is 33.6. The number of aryl methyl sites for hydroxylation is 2. The number of benzene rings is 8. The first-order valence-electron chi connectivity index (χ1n) is 45.0. The predicted octanol–water partition coefficient (Wildman–Crippen LogP) is 30.3. The van der Waals surface area contributed by atoms with Crippen molar-refractivity contribution in [3.05, 3.63) is 461 Å². The van der Waals surface area contributed by atoms with E-state index in [0.717, 1.165) is 66.4 Å². The Hall–Kier alpha value is -10.6. The highest BCUT2D eigenvalue weighted by Gasteiger charge is 2.39. The topological polar surface area (TPSA) is 122 Å². The molecule has 0 fully saturated rings. The zero-order valence-corrected chi connectivity index (χ0v) is 87.2. The van der Waals surface area contributed by atoms with Gasteiger partial charge in [-0.25, -0.2) is 8.78 Å². The number of allylic oxidation sites excluding steroid dienone is 2. The molecule has 6 aliphatic heterocycles. The van der Waals surface area contributed by atoms with Crippen LogP contribution in [0.3, 0.4) is 0 Å². The number of carbonyl (C=O) groups excluding carboxylic acids is 6. The first-order chi connectivity index (χ1) is 67.7. The molecule has 0 saturated carbocycles. The van der Waals surface area contributed by atoms with Gasteiger partial charge in [0.1, 0.15) is 13.3 Å². The SMILES string of the molecule is C=CC(=O)N1Cc2sc(Cl)cc2[C@@H](c2ccccc2-c2ccccc2)C1.C=CC(=O)N1Cc2sc(Cl)cc2[C@@H](c2ccccc2Cl)C1.C=CC(=O)N1Cc2sc(Cl)cc2[C@H](c2ccccc2-c2ccccc2)C1.C=CC(=O)N1Cc2sc(Cl)cc2[C@H](c2ccccc2Cl)C1.Cc1ccccc1[C@@H]1CN(C(=O)/C=C/CF)Cc2sc(Cl)cc21.Cc1ccccc1[C@H]1CN(C(=O)/C=C/CF)Cc2sc(Cl)cc21. The maximum absolute atomic E-state index is 12.3. The molecule has 12 heterocycles. The highest BCUT2D eigenvalue weighted by atomic mass is 35.5. The first kappa shape index (κ1) is 104. The number of halogens is 10. The van der Waals surface area contributed by atoms with Crippen LogP contribution in [0.4, 0.5) is 8.78 Å². The number of amides is 6. The van der Waals surface area contributed by atoms with E-state index in [1.54, 1.807) is 42.3 Å². The highest BCUT2D eigenvalue weighted by Crippen LogP contribution is 2.50. The Balaban J connectivity index is 0.000000127. The number of hydrogen-bond acceptors (Lipinski definition) is 12. The van der Waals surface area contributed by atoms with Gasteiger partial charge < -0.3 is 29.4 Å². The van der Waals surface area contributed by atoms with E-state index < -0.39 is 13.3 Å². The Morgan fingerprint density at radius 1 is 0.279 bits per heavy atom. The number of nitrogens with zero attached hydrogens (tertiary/aromatic N) is 6. The van der Waals surface area contributed by atoms with Crippen LogP contribution in [0.1, 0.15) is 143 Å². The molecule has 0 spiro atoms. The van der Waals surface area contributed by atoms with Crippen LogP contribution in [0, 0.1) is 13.8 Å². The fourth-order valence-electron chi connectivity index (χ4n) is 18.8. The Morgan fingerprint density at radius 3 is 0.729 bits per heavy atom. The number of fused-ring (bicyclic) bond motifs is 6. The van der Waals surface area contributed by atoms with Gasteiger partial charge in [-0.05, 0) is 199 Å². The monoisotopic (exact) mass is 2130 g/mol. The van der Waals surface area contributed by atoms with Gasteiger partial charge in [0.15, 0.2) is 0 Å². The van der Waals surface area contributed by atoms with E-state index in [1.165, 1.54) is 183 Å². The average molecular weight is 2140 g/mol. The highest BCUT2D eigenvalue weighted by molar-refractivity contribution is 7.18. The summed E-state index contributed by atoms with van der Waals surface area (Å²) in [6.45, 7) is 24.4. The fourth-order valence-corrected chi connectivity index (χ4v) is 27.4. The molecule has 14 aromatic rings. The van der Waals surface area contributed by atoms with E-state index in [4.69, 9.17) is 92.8 Å². The van der Waals surface area contributed by atoms with Gasteiger partial charge in [-0.15, -0.1) is 68.0 Å². The van der Waals surface area contributed by atoms with Crippen molar-refractivity contribution < 1.29 is 37.5 Å². The van der Waals surface area contributed by atoms with Crippen LogP contribution in [-0.2, 0) is 68.0 Å². The van der Waals surface area contributed by atoms with E-state index in [1.807, 2.05) is 143 Å². The van der Waals surface area contributed by atoms with Crippen molar-refractivity contribution in [3.8, 4) is 22.3 Å². The lowest BCUT2D eigenvalue weighted by Crippen LogP contribution is -2.37. The van der Waals surface area contributed by atoms with Gasteiger partial charge >= 0.3 is 0 Å². The second-order valence-corrected chi connectivity index (χ2v) is 45.2. The summed E-state index contributed by atoms with van der Waals surface area (Å²) in [6.07, 6.45) is 10.6. The first-order valence-corrected chi connectivity index (χ1v) is 52.9. The molecule has 0 bridgehead atoms. The molecule has 0 N–H and O–H groups in total. The molecule has 12 nitrogen and oxygen atoms in total. The zero-order valence-electron chi connectivity index (χ0n) is 76.3. The van der Waals surface area contributed by atoms with Gasteiger partial charge in [-0.3, -0.25) is 28.8 Å². The molecule has 0 unspecified atom stereocenters. The van der Waals surface area contributed by atoms with Crippen molar-refractivity contribution >= 4 is 196 Å². The van der Waals surface area contributed by atoms with Crippen molar-refractivity contribution in [3.63, 3.8) is 0 Å². The van der Waals surface area contributed by atoms with E-state index in [-0.39, 0.29) is 71.0 Å². The lowest BCUT2D eigenvalue weighted by atomic mass is 9.84. The minimum absolute atomic E-state index is 0.0395. The smallest absolute Gasteiger partial charge is 0.246 e. The van der Waals surface area contributed by atoms with Gasteiger partial charge in [0.2, 0.25) is 35.4 Å². The summed E-state index contributed by atoms with van der Waals surface area (Å²) in [7, 11) is 0. The molecule has 0 radical (unpaired) electrons. The quantitative estimate of drug-likeness (QED) is 0.0888. The third kappa shape index (κ3) is 24.6. The Kier molecular flexibility index (Phi) is 35.9. The van der Waals surface area contributed by atoms with E-state index in [9.17, 15) is 37.5 Å². The number of rotatable bonds is 16. The summed E-state index contributed by atoms with van der Waals surface area (Å²) < 4.78 is 29.1. The van der Waals surface area contributed by atoms with E-state index in [2.05, 4.69) is 149 Å². The number of carbonyl (C=O) groups is 6. The molecular weight excluding hydrogens is 2040 g/mol. The summed E-state index contributed by atoms with van der Waals surface area (Å²) in [4.78, 5) is 90.7. The molecule has 140 heavy (non-hydrogen) atoms. The molecule has 0 aliphatic carbocycles. The van der Waals surface area contributed by atoms with Gasteiger partial charge in [0.05, 0.1) is 65.3 Å². The van der Waals surface area contributed by atoms with Gasteiger partial charge in [-0.2, -0.15) is 0 Å². The molecule has 6 amide bonds. The molecule has 6 atom stereocenters.